The Morgan fingerprint density at radius 3 is 2.94 bits per heavy atom. The summed E-state index contributed by atoms with van der Waals surface area (Å²) in [6.45, 7) is 6.71. The lowest BCUT2D eigenvalue weighted by Gasteiger charge is -2.20. The maximum absolute atomic E-state index is 14.0. The lowest BCUT2D eigenvalue weighted by molar-refractivity contribution is 0.307. The van der Waals surface area contributed by atoms with Crippen molar-refractivity contribution in [2.75, 3.05) is 6.61 Å². The second-order valence-corrected chi connectivity index (χ2v) is 4.60. The van der Waals surface area contributed by atoms with Gasteiger partial charge < -0.3 is 4.74 Å². The molecule has 0 aliphatic heterocycles. The Kier molecular flexibility index (Phi) is 3.82. The fourth-order valence-corrected chi connectivity index (χ4v) is 2.26. The Labute approximate surface area is 102 Å². The van der Waals surface area contributed by atoms with Gasteiger partial charge in [-0.25, -0.2) is 4.39 Å². The molecule has 1 aliphatic carbocycles. The zero-order valence-corrected chi connectivity index (χ0v) is 10.4. The number of hydrogen-bond acceptors (Lipinski definition) is 1. The van der Waals surface area contributed by atoms with Gasteiger partial charge in [0.25, 0.3) is 0 Å². The minimum absolute atomic E-state index is 0.182. The molecule has 0 saturated carbocycles. The number of allylic oxidation sites excluding steroid dienone is 1. The van der Waals surface area contributed by atoms with Crippen LogP contribution in [0.3, 0.4) is 0 Å². The molecule has 0 saturated heterocycles. The molecule has 0 atom stereocenters. The molecule has 0 spiro atoms. The largest absolute Gasteiger partial charge is 0.493 e. The highest BCUT2D eigenvalue weighted by Crippen LogP contribution is 2.34. The molecule has 0 radical (unpaired) electrons. The molecule has 17 heavy (non-hydrogen) atoms. The first-order chi connectivity index (χ1) is 8.22. The average molecular weight is 234 g/mol. The predicted molar refractivity (Wildman–Crippen MR) is 68.8 cm³/mol. The van der Waals surface area contributed by atoms with Crippen molar-refractivity contribution in [1.29, 1.82) is 0 Å². The van der Waals surface area contributed by atoms with Crippen molar-refractivity contribution >= 4 is 5.57 Å². The van der Waals surface area contributed by atoms with Crippen LogP contribution in [0.4, 0.5) is 4.39 Å². The van der Waals surface area contributed by atoms with E-state index in [1.165, 1.54) is 6.07 Å². The maximum atomic E-state index is 14.0. The number of rotatable bonds is 4. The molecule has 1 aromatic carbocycles. The topological polar surface area (TPSA) is 9.23 Å². The number of benzene rings is 1. The minimum atomic E-state index is -0.182. The van der Waals surface area contributed by atoms with Gasteiger partial charge in [-0.05, 0) is 42.9 Å². The number of fused-ring (bicyclic) bond motifs is 1. The number of unbranched alkanes of at least 4 members (excludes halogenated alkanes) is 1. The summed E-state index contributed by atoms with van der Waals surface area (Å²) < 4.78 is 19.5. The third kappa shape index (κ3) is 2.68. The molecule has 0 amide bonds. The highest BCUT2D eigenvalue weighted by molar-refractivity contribution is 5.69. The average Bonchev–Trinajstić information content (AvgIpc) is 2.29. The van der Waals surface area contributed by atoms with E-state index in [4.69, 9.17) is 4.74 Å². The molecular weight excluding hydrogens is 215 g/mol. The van der Waals surface area contributed by atoms with Gasteiger partial charge in [0.15, 0.2) is 0 Å². The summed E-state index contributed by atoms with van der Waals surface area (Å²) in [5.74, 6) is 0.475. The lowest BCUT2D eigenvalue weighted by atomic mass is 9.88. The van der Waals surface area contributed by atoms with E-state index in [1.807, 2.05) is 6.07 Å². The lowest BCUT2D eigenvalue weighted by Crippen LogP contribution is -2.06. The first kappa shape index (κ1) is 12.2. The third-order valence-corrected chi connectivity index (χ3v) is 3.19. The van der Waals surface area contributed by atoms with Gasteiger partial charge in [0, 0.05) is 11.6 Å². The molecule has 2 rings (SSSR count). The van der Waals surface area contributed by atoms with Crippen molar-refractivity contribution in [2.45, 2.75) is 39.0 Å². The Bertz CT molecular complexity index is 423. The number of halogens is 1. The van der Waals surface area contributed by atoms with Gasteiger partial charge in [-0.3, -0.25) is 0 Å². The van der Waals surface area contributed by atoms with E-state index < -0.39 is 0 Å². The smallest absolute Gasteiger partial charge is 0.134 e. The van der Waals surface area contributed by atoms with E-state index in [0.717, 1.165) is 48.8 Å². The Balaban J connectivity index is 2.21. The van der Waals surface area contributed by atoms with Gasteiger partial charge in [0.2, 0.25) is 0 Å². The van der Waals surface area contributed by atoms with Gasteiger partial charge in [0.05, 0.1) is 6.61 Å². The van der Waals surface area contributed by atoms with Crippen LogP contribution in [0.15, 0.2) is 18.7 Å². The first-order valence-corrected chi connectivity index (χ1v) is 6.35. The second kappa shape index (κ2) is 5.35. The molecule has 1 nitrogen and oxygen atoms in total. The Morgan fingerprint density at radius 2 is 2.18 bits per heavy atom. The minimum Gasteiger partial charge on any atom is -0.493 e. The van der Waals surface area contributed by atoms with Crippen LogP contribution in [0.25, 0.3) is 5.57 Å². The quantitative estimate of drug-likeness (QED) is 0.703. The van der Waals surface area contributed by atoms with E-state index in [2.05, 4.69) is 13.5 Å². The number of ether oxygens (including phenoxy) is 1. The fourth-order valence-electron chi connectivity index (χ4n) is 2.26. The standard InChI is InChI=1S/C15H19FO/c1-3-4-8-17-13-9-12-7-5-6-11(2)15(12)14(16)10-13/h9-10H,2-8H2,1H3. The number of hydrogen-bond donors (Lipinski definition) is 0. The van der Waals surface area contributed by atoms with Crippen LogP contribution in [0, 0.1) is 5.82 Å². The van der Waals surface area contributed by atoms with E-state index in [1.54, 1.807) is 0 Å². The van der Waals surface area contributed by atoms with Crippen LogP contribution in [-0.2, 0) is 6.42 Å². The highest BCUT2D eigenvalue weighted by Gasteiger charge is 2.18. The van der Waals surface area contributed by atoms with Crippen molar-refractivity contribution < 1.29 is 9.13 Å². The molecule has 92 valence electrons. The Morgan fingerprint density at radius 1 is 1.35 bits per heavy atom. The zero-order valence-electron chi connectivity index (χ0n) is 10.4. The molecule has 0 bridgehead atoms. The van der Waals surface area contributed by atoms with Crippen LogP contribution < -0.4 is 4.74 Å². The normalized spacial score (nSPS) is 14.6. The van der Waals surface area contributed by atoms with Crippen molar-refractivity contribution in [3.63, 3.8) is 0 Å². The third-order valence-electron chi connectivity index (χ3n) is 3.19. The van der Waals surface area contributed by atoms with Crippen molar-refractivity contribution in [3.05, 3.63) is 35.7 Å². The number of aryl methyl sites for hydroxylation is 1. The van der Waals surface area contributed by atoms with E-state index in [-0.39, 0.29) is 5.82 Å². The van der Waals surface area contributed by atoms with E-state index >= 15 is 0 Å². The molecule has 2 heteroatoms. The highest BCUT2D eigenvalue weighted by atomic mass is 19.1. The maximum Gasteiger partial charge on any atom is 0.134 e. The van der Waals surface area contributed by atoms with Crippen LogP contribution in [0.2, 0.25) is 0 Å². The van der Waals surface area contributed by atoms with E-state index in [9.17, 15) is 4.39 Å². The van der Waals surface area contributed by atoms with E-state index in [0.29, 0.717) is 12.4 Å². The van der Waals surface area contributed by atoms with Crippen LogP contribution in [-0.4, -0.2) is 6.61 Å². The molecule has 0 fully saturated rings. The monoisotopic (exact) mass is 234 g/mol. The first-order valence-electron chi connectivity index (χ1n) is 6.35. The molecule has 0 heterocycles. The summed E-state index contributed by atoms with van der Waals surface area (Å²) in [5, 5.41) is 0. The van der Waals surface area contributed by atoms with Gasteiger partial charge in [-0.2, -0.15) is 0 Å². The van der Waals surface area contributed by atoms with Crippen molar-refractivity contribution in [2.24, 2.45) is 0 Å². The van der Waals surface area contributed by atoms with Gasteiger partial charge in [-0.15, -0.1) is 0 Å². The van der Waals surface area contributed by atoms with Gasteiger partial charge >= 0.3 is 0 Å². The van der Waals surface area contributed by atoms with Gasteiger partial charge in [0.1, 0.15) is 11.6 Å². The predicted octanol–water partition coefficient (Wildman–Crippen LogP) is 4.35. The molecule has 0 unspecified atom stereocenters. The van der Waals surface area contributed by atoms with Crippen LogP contribution in [0.1, 0.15) is 43.7 Å². The molecule has 0 N–H and O–H groups in total. The summed E-state index contributed by atoms with van der Waals surface area (Å²) in [4.78, 5) is 0. The van der Waals surface area contributed by atoms with Crippen LogP contribution in [0.5, 0.6) is 5.75 Å². The summed E-state index contributed by atoms with van der Waals surface area (Å²) in [6.07, 6.45) is 4.98. The second-order valence-electron chi connectivity index (χ2n) is 4.60. The van der Waals surface area contributed by atoms with Crippen molar-refractivity contribution in [3.8, 4) is 5.75 Å². The summed E-state index contributed by atoms with van der Waals surface area (Å²) in [6, 6.07) is 3.46. The SMILES string of the molecule is C=C1CCCc2cc(OCCCC)cc(F)c21. The summed E-state index contributed by atoms with van der Waals surface area (Å²) in [7, 11) is 0. The molecule has 1 aromatic rings. The molecule has 1 aliphatic rings. The van der Waals surface area contributed by atoms with Crippen LogP contribution >= 0.6 is 0 Å². The molecular formula is C15H19FO. The fraction of sp³-hybridized carbons (Fsp3) is 0.467. The summed E-state index contributed by atoms with van der Waals surface area (Å²) in [5.41, 5.74) is 2.69. The zero-order chi connectivity index (χ0) is 12.3. The Hall–Kier alpha value is -1.31. The molecule has 0 aromatic heterocycles. The van der Waals surface area contributed by atoms with Gasteiger partial charge in [-0.1, -0.05) is 19.9 Å². The van der Waals surface area contributed by atoms with Crippen molar-refractivity contribution in [1.82, 2.24) is 0 Å². The summed E-state index contributed by atoms with van der Waals surface area (Å²) >= 11 is 0.